The standard InChI is InChI=1S/C53H49FN8O7/c54-34-17-21-58(22-18-34)35-10-15-41-43(24-35)61(53(64)48-30-65-44-7-1-2-8-46(44)68-48)27-33-6-4-20-56-51(33)62(41)37-11-16-45-47(25-37)69-49(31-66-45)52(63)60-26-32-5-3-19-55-50(32)57-40-14-9-36(23-42(40)60)59-28-38-12-13-39(29-59)67-38/h1-11,14-16,19-20,23-25,34,38-39,48-49H,12-13,17-18,21-22,26-31H2,(H,55,57)/t38-,39?,48-,49-/m1/s1. The number of hydrogen-bond acceptors (Lipinski definition) is 13. The number of anilines is 9. The van der Waals surface area contributed by atoms with E-state index in [-0.39, 0.29) is 50.3 Å². The lowest BCUT2D eigenvalue weighted by Gasteiger charge is -2.35. The number of morpholine rings is 1. The van der Waals surface area contributed by atoms with Gasteiger partial charge in [0.2, 0.25) is 12.2 Å². The van der Waals surface area contributed by atoms with Gasteiger partial charge < -0.3 is 48.6 Å². The molecule has 7 aliphatic rings. The SMILES string of the molecule is O=C([C@H]1COc2ccc(N3c4ccc(N5CCC(F)CC5)cc4N(C(=O)[C@H]4COc5ccccc5O4)Cc4cccnc43)cc2O1)N1Cc2cccnc2Nc2ccc(N3CC4CC[C@H](C3)O4)cc21. The highest BCUT2D eigenvalue weighted by atomic mass is 19.1. The number of carbonyl (C=O) groups is 2. The molecule has 4 aromatic carbocycles. The van der Waals surface area contributed by atoms with Crippen molar-refractivity contribution in [3.63, 3.8) is 0 Å². The Morgan fingerprint density at radius 3 is 2.03 bits per heavy atom. The molecule has 0 spiro atoms. The molecule has 7 aliphatic heterocycles. The molecule has 3 saturated heterocycles. The number of hydrogen-bond donors (Lipinski definition) is 1. The van der Waals surface area contributed by atoms with Crippen LogP contribution in [0.5, 0.6) is 23.0 Å². The van der Waals surface area contributed by atoms with Gasteiger partial charge in [-0.3, -0.25) is 14.5 Å². The van der Waals surface area contributed by atoms with Gasteiger partial charge in [-0.1, -0.05) is 24.3 Å². The molecular formula is C53H49FN8O7. The van der Waals surface area contributed by atoms with Gasteiger partial charge in [0, 0.05) is 67.1 Å². The molecule has 2 aromatic heterocycles. The maximum Gasteiger partial charge on any atom is 0.272 e. The molecule has 6 aromatic rings. The Balaban J connectivity index is 0.853. The summed E-state index contributed by atoms with van der Waals surface area (Å²) in [4.78, 5) is 49.6. The van der Waals surface area contributed by atoms with Crippen LogP contribution in [0.2, 0.25) is 0 Å². The predicted octanol–water partition coefficient (Wildman–Crippen LogP) is 8.37. The number of fused-ring (bicyclic) bond motifs is 8. The first-order valence-electron chi connectivity index (χ1n) is 23.8. The summed E-state index contributed by atoms with van der Waals surface area (Å²) in [7, 11) is 0. The summed E-state index contributed by atoms with van der Waals surface area (Å²) in [5.74, 6) is 2.73. The van der Waals surface area contributed by atoms with Crippen molar-refractivity contribution < 1.29 is 37.7 Å². The lowest BCUT2D eigenvalue weighted by atomic mass is 10.1. The second-order valence-corrected chi connectivity index (χ2v) is 18.6. The molecule has 0 radical (unpaired) electrons. The molecule has 0 saturated carbocycles. The lowest BCUT2D eigenvalue weighted by Crippen LogP contribution is -2.46. The molecule has 15 nitrogen and oxygen atoms in total. The molecule has 13 rings (SSSR count). The third kappa shape index (κ3) is 7.53. The van der Waals surface area contributed by atoms with Gasteiger partial charge in [-0.2, -0.15) is 0 Å². The van der Waals surface area contributed by atoms with Gasteiger partial charge in [-0.05, 0) is 98.5 Å². The van der Waals surface area contributed by atoms with Crippen LogP contribution in [0.25, 0.3) is 0 Å². The van der Waals surface area contributed by atoms with E-state index in [1.807, 2.05) is 89.8 Å². The first-order chi connectivity index (χ1) is 33.9. The number of halogens is 1. The smallest absolute Gasteiger partial charge is 0.272 e. The van der Waals surface area contributed by atoms with Crippen molar-refractivity contribution in [2.24, 2.45) is 0 Å². The molecule has 350 valence electrons. The molecule has 9 heterocycles. The third-order valence-corrected chi connectivity index (χ3v) is 14.3. The monoisotopic (exact) mass is 928 g/mol. The zero-order chi connectivity index (χ0) is 46.2. The van der Waals surface area contributed by atoms with E-state index in [9.17, 15) is 9.18 Å². The van der Waals surface area contributed by atoms with Crippen LogP contribution in [0.4, 0.5) is 55.8 Å². The fourth-order valence-electron chi connectivity index (χ4n) is 10.7. The van der Waals surface area contributed by atoms with E-state index in [4.69, 9.17) is 28.7 Å². The van der Waals surface area contributed by atoms with Crippen LogP contribution < -0.4 is 48.8 Å². The van der Waals surface area contributed by atoms with Crippen LogP contribution in [0.15, 0.2) is 116 Å². The Morgan fingerprint density at radius 1 is 0.594 bits per heavy atom. The number of amides is 2. The Hall–Kier alpha value is -7.59. The van der Waals surface area contributed by atoms with Crippen molar-refractivity contribution in [3.05, 3.63) is 127 Å². The summed E-state index contributed by atoms with van der Waals surface area (Å²) >= 11 is 0. The third-order valence-electron chi connectivity index (χ3n) is 14.3. The molecule has 2 amide bonds. The summed E-state index contributed by atoms with van der Waals surface area (Å²) < 4.78 is 46.0. The van der Waals surface area contributed by atoms with Gasteiger partial charge in [0.1, 0.15) is 31.0 Å². The number of piperidine rings is 1. The summed E-state index contributed by atoms with van der Waals surface area (Å²) in [5, 5.41) is 3.50. The van der Waals surface area contributed by atoms with E-state index in [1.165, 1.54) is 0 Å². The Morgan fingerprint density at radius 2 is 1.23 bits per heavy atom. The summed E-state index contributed by atoms with van der Waals surface area (Å²) in [6.07, 6.45) is 4.08. The van der Waals surface area contributed by atoms with Crippen LogP contribution in [-0.2, 0) is 27.4 Å². The van der Waals surface area contributed by atoms with Crippen LogP contribution >= 0.6 is 0 Å². The molecule has 3 fully saturated rings. The van der Waals surface area contributed by atoms with E-state index in [0.717, 1.165) is 59.8 Å². The van der Waals surface area contributed by atoms with E-state index in [1.54, 1.807) is 28.3 Å². The van der Waals surface area contributed by atoms with Crippen molar-refractivity contribution in [3.8, 4) is 23.0 Å². The molecule has 1 N–H and O–H groups in total. The number of benzene rings is 4. The Bertz CT molecular complexity index is 2990. The molecule has 16 heteroatoms. The Labute approximate surface area is 397 Å². The first kappa shape index (κ1) is 41.6. The summed E-state index contributed by atoms with van der Waals surface area (Å²) in [6, 6.07) is 32.9. The number of alkyl halides is 1. The van der Waals surface area contributed by atoms with E-state index >= 15 is 4.79 Å². The number of carbonyl (C=O) groups excluding carboxylic acids is 2. The number of ether oxygens (including phenoxy) is 5. The summed E-state index contributed by atoms with van der Waals surface area (Å²) in [6.45, 7) is 3.20. The summed E-state index contributed by atoms with van der Waals surface area (Å²) in [5.41, 5.74) is 7.02. The number of para-hydroxylation sites is 2. The van der Waals surface area contributed by atoms with Crippen molar-refractivity contribution in [2.45, 2.75) is 69.4 Å². The van der Waals surface area contributed by atoms with Crippen LogP contribution in [0, 0.1) is 0 Å². The quantitative estimate of drug-likeness (QED) is 0.178. The maximum atomic E-state index is 15.1. The highest BCUT2D eigenvalue weighted by molar-refractivity contribution is 6.04. The molecule has 4 atom stereocenters. The highest BCUT2D eigenvalue weighted by Gasteiger charge is 2.40. The van der Waals surface area contributed by atoms with E-state index < -0.39 is 18.4 Å². The Kier molecular flexibility index (Phi) is 10.2. The van der Waals surface area contributed by atoms with E-state index in [0.29, 0.717) is 77.6 Å². The molecular weight excluding hydrogens is 880 g/mol. The van der Waals surface area contributed by atoms with Gasteiger partial charge in [0.05, 0.1) is 53.7 Å². The van der Waals surface area contributed by atoms with Crippen molar-refractivity contribution in [1.82, 2.24) is 9.97 Å². The van der Waals surface area contributed by atoms with Crippen LogP contribution in [0.3, 0.4) is 0 Å². The molecule has 1 unspecified atom stereocenters. The van der Waals surface area contributed by atoms with Crippen LogP contribution in [0.1, 0.15) is 36.8 Å². The zero-order valence-electron chi connectivity index (χ0n) is 37.7. The highest BCUT2D eigenvalue weighted by Crippen LogP contribution is 2.49. The number of aromatic nitrogens is 2. The maximum absolute atomic E-state index is 15.1. The largest absolute Gasteiger partial charge is 0.485 e. The number of nitrogens with one attached hydrogen (secondary N) is 1. The minimum absolute atomic E-state index is 0.00468. The van der Waals surface area contributed by atoms with Gasteiger partial charge in [0.25, 0.3) is 11.8 Å². The number of rotatable bonds is 5. The minimum Gasteiger partial charge on any atom is -0.485 e. The van der Waals surface area contributed by atoms with Crippen molar-refractivity contribution >= 4 is 63.3 Å². The van der Waals surface area contributed by atoms with Gasteiger partial charge >= 0.3 is 0 Å². The van der Waals surface area contributed by atoms with Gasteiger partial charge in [0.15, 0.2) is 23.0 Å². The second-order valence-electron chi connectivity index (χ2n) is 18.6. The lowest BCUT2D eigenvalue weighted by molar-refractivity contribution is -0.128. The average Bonchev–Trinajstić information content (AvgIpc) is 3.55. The predicted molar refractivity (Wildman–Crippen MR) is 258 cm³/mol. The van der Waals surface area contributed by atoms with Crippen molar-refractivity contribution in [2.75, 3.05) is 69.2 Å². The van der Waals surface area contributed by atoms with E-state index in [2.05, 4.69) is 32.2 Å². The topological polar surface area (TPSA) is 134 Å². The second kappa shape index (κ2) is 16.9. The fraction of sp³-hybridized carbons (Fsp3) is 0.321. The molecule has 0 aliphatic carbocycles. The van der Waals surface area contributed by atoms with Crippen LogP contribution in [-0.4, -0.2) is 91.8 Å². The fourth-order valence-corrected chi connectivity index (χ4v) is 10.7. The first-order valence-corrected chi connectivity index (χ1v) is 23.8. The number of pyridine rings is 2. The van der Waals surface area contributed by atoms with Crippen molar-refractivity contribution in [1.29, 1.82) is 0 Å². The minimum atomic E-state index is -0.990. The normalized spacial score (nSPS) is 22.3. The molecule has 69 heavy (non-hydrogen) atoms. The van der Waals surface area contributed by atoms with Gasteiger partial charge in [-0.25, -0.2) is 14.4 Å². The van der Waals surface area contributed by atoms with Gasteiger partial charge in [-0.15, -0.1) is 0 Å². The molecule has 2 bridgehead atoms. The zero-order valence-corrected chi connectivity index (χ0v) is 37.7. The number of nitrogens with zero attached hydrogens (tertiary/aromatic N) is 7. The average molecular weight is 929 g/mol.